The van der Waals surface area contributed by atoms with Crippen molar-refractivity contribution in [1.29, 1.82) is 0 Å². The van der Waals surface area contributed by atoms with E-state index in [1.165, 1.54) is 6.07 Å². The highest BCUT2D eigenvalue weighted by molar-refractivity contribution is 14.1. The van der Waals surface area contributed by atoms with Gasteiger partial charge in [0.15, 0.2) is 0 Å². The van der Waals surface area contributed by atoms with Crippen molar-refractivity contribution in [3.05, 3.63) is 48.7 Å². The third-order valence-corrected chi connectivity index (χ3v) is 3.97. The molecule has 1 aromatic heterocycles. The van der Waals surface area contributed by atoms with Gasteiger partial charge < -0.3 is 10.3 Å². The molecule has 3 nitrogen and oxygen atoms in total. The van der Waals surface area contributed by atoms with E-state index < -0.39 is 0 Å². The van der Waals surface area contributed by atoms with Gasteiger partial charge in [-0.25, -0.2) is 0 Å². The molecule has 0 bridgehead atoms. The summed E-state index contributed by atoms with van der Waals surface area (Å²) in [5, 5.41) is 3.91. The van der Waals surface area contributed by atoms with E-state index in [1.54, 1.807) is 18.2 Å². The predicted octanol–water partition coefficient (Wildman–Crippen LogP) is 4.83. The summed E-state index contributed by atoms with van der Waals surface area (Å²) in [4.78, 5) is 14.6. The van der Waals surface area contributed by atoms with Gasteiger partial charge in [-0.3, -0.25) is 4.79 Å². The number of aromatic nitrogens is 1. The summed E-state index contributed by atoms with van der Waals surface area (Å²) < 4.78 is 0.845. The number of hydrogen-bond acceptors (Lipinski definition) is 1. The van der Waals surface area contributed by atoms with Crippen LogP contribution in [0, 0.1) is 3.57 Å². The smallest absolute Gasteiger partial charge is 0.272 e. The summed E-state index contributed by atoms with van der Waals surface area (Å²) >= 11 is 19.4. The second kappa shape index (κ2) is 5.69. The quantitative estimate of drug-likeness (QED) is 0.678. The van der Waals surface area contributed by atoms with Crippen LogP contribution in [0.5, 0.6) is 0 Å². The maximum absolute atomic E-state index is 11.9. The molecule has 0 spiro atoms. The Kier molecular flexibility index (Phi) is 4.42. The number of carbonyl (C=O) groups is 1. The molecule has 1 heterocycles. The van der Waals surface area contributed by atoms with Crippen molar-refractivity contribution in [2.24, 2.45) is 0 Å². The number of H-pyrrole nitrogens is 1. The molecule has 1 aromatic carbocycles. The number of hydrogen-bond donors (Lipinski definition) is 2. The Hall–Kier alpha value is -0.430. The predicted molar refractivity (Wildman–Crippen MR) is 82.9 cm³/mol. The van der Waals surface area contributed by atoms with Crippen LogP contribution in [-0.4, -0.2) is 10.9 Å². The molecule has 2 N–H and O–H groups in total. The van der Waals surface area contributed by atoms with Crippen LogP contribution < -0.4 is 5.32 Å². The summed E-state index contributed by atoms with van der Waals surface area (Å²) in [5.41, 5.74) is 0.975. The van der Waals surface area contributed by atoms with Gasteiger partial charge in [-0.05, 0) is 46.9 Å². The minimum atomic E-state index is -0.316. The zero-order valence-electron chi connectivity index (χ0n) is 8.73. The number of benzene rings is 1. The van der Waals surface area contributed by atoms with E-state index >= 15 is 0 Å². The molecule has 0 unspecified atom stereocenters. The highest BCUT2D eigenvalue weighted by atomic mass is 127. The molecule has 0 saturated heterocycles. The van der Waals surface area contributed by atoms with Gasteiger partial charge in [0, 0.05) is 8.59 Å². The molecule has 2 aromatic rings. The van der Waals surface area contributed by atoms with E-state index in [2.05, 4.69) is 32.9 Å². The van der Waals surface area contributed by atoms with Crippen molar-refractivity contribution in [3.63, 3.8) is 0 Å². The number of aromatic amines is 1. The Morgan fingerprint density at radius 2 is 1.94 bits per heavy atom. The Labute approximate surface area is 132 Å². The van der Waals surface area contributed by atoms with Gasteiger partial charge >= 0.3 is 0 Å². The molecule has 0 aliphatic carbocycles. The first-order valence-corrected chi connectivity index (χ1v) is 6.99. The van der Waals surface area contributed by atoms with Crippen LogP contribution in [0.1, 0.15) is 10.5 Å². The average Bonchev–Trinajstić information content (AvgIpc) is 2.63. The molecule has 0 aliphatic rings. The number of halogens is 4. The lowest BCUT2D eigenvalue weighted by atomic mass is 10.3. The largest absolute Gasteiger partial charge is 0.340 e. The molecule has 94 valence electrons. The van der Waals surface area contributed by atoms with Crippen LogP contribution in [0.25, 0.3) is 0 Å². The standard InChI is InChI=1S/C11H6Cl3IN2O/c12-5-1-2-8(7(15)3-5)17-11(18)9-4-6(13)10(14)16-9/h1-4,16H,(H,17,18). The van der Waals surface area contributed by atoms with Crippen LogP contribution >= 0.6 is 57.4 Å². The number of nitrogens with one attached hydrogen (secondary N) is 2. The molecule has 0 aliphatic heterocycles. The molecule has 0 radical (unpaired) electrons. The lowest BCUT2D eigenvalue weighted by Gasteiger charge is -2.06. The van der Waals surface area contributed by atoms with Gasteiger partial charge in [0.05, 0.1) is 10.7 Å². The van der Waals surface area contributed by atoms with Crippen LogP contribution in [0.3, 0.4) is 0 Å². The molecule has 2 rings (SSSR count). The molecule has 18 heavy (non-hydrogen) atoms. The SMILES string of the molecule is O=C(Nc1ccc(Cl)cc1I)c1cc(Cl)c(Cl)[nH]1. The van der Waals surface area contributed by atoms with Crippen molar-refractivity contribution in [2.45, 2.75) is 0 Å². The van der Waals surface area contributed by atoms with Crippen LogP contribution in [0.2, 0.25) is 15.2 Å². The first kappa shape index (κ1) is 14.0. The first-order chi connectivity index (χ1) is 8.47. The zero-order valence-corrected chi connectivity index (χ0v) is 13.2. The third kappa shape index (κ3) is 3.12. The minimum Gasteiger partial charge on any atom is -0.340 e. The number of rotatable bonds is 2. The summed E-state index contributed by atoms with van der Waals surface area (Å²) in [6.07, 6.45) is 0. The van der Waals surface area contributed by atoms with E-state index in [9.17, 15) is 4.79 Å². The monoisotopic (exact) mass is 414 g/mol. The molecule has 1 amide bonds. The van der Waals surface area contributed by atoms with Gasteiger partial charge in [0.25, 0.3) is 5.91 Å². The second-order valence-electron chi connectivity index (χ2n) is 3.42. The maximum atomic E-state index is 11.9. The van der Waals surface area contributed by atoms with Crippen molar-refractivity contribution < 1.29 is 4.79 Å². The topological polar surface area (TPSA) is 44.9 Å². The Bertz CT molecular complexity index is 593. The summed E-state index contributed by atoms with van der Waals surface area (Å²) in [6, 6.07) is 6.66. The van der Waals surface area contributed by atoms with Crippen molar-refractivity contribution in [2.75, 3.05) is 5.32 Å². The number of amides is 1. The second-order valence-corrected chi connectivity index (χ2v) is 5.81. The van der Waals surface area contributed by atoms with Crippen molar-refractivity contribution >= 4 is 69.0 Å². The molecular formula is C11H6Cl3IN2O. The van der Waals surface area contributed by atoms with Gasteiger partial charge in [0.2, 0.25) is 0 Å². The minimum absolute atomic E-state index is 0.243. The first-order valence-electron chi connectivity index (χ1n) is 4.78. The average molecular weight is 415 g/mol. The lowest BCUT2D eigenvalue weighted by Crippen LogP contribution is -2.13. The zero-order chi connectivity index (χ0) is 13.3. The Morgan fingerprint density at radius 1 is 1.22 bits per heavy atom. The molecule has 7 heteroatoms. The van der Waals surface area contributed by atoms with Crippen LogP contribution in [-0.2, 0) is 0 Å². The highest BCUT2D eigenvalue weighted by Gasteiger charge is 2.13. The summed E-state index contributed by atoms with van der Waals surface area (Å²) in [7, 11) is 0. The van der Waals surface area contributed by atoms with Crippen molar-refractivity contribution in [3.8, 4) is 0 Å². The Morgan fingerprint density at radius 3 is 2.50 bits per heavy atom. The van der Waals surface area contributed by atoms with E-state index in [0.29, 0.717) is 21.4 Å². The van der Waals surface area contributed by atoms with E-state index in [1.807, 2.05) is 0 Å². The fourth-order valence-electron chi connectivity index (χ4n) is 1.31. The van der Waals surface area contributed by atoms with E-state index in [-0.39, 0.29) is 11.1 Å². The fourth-order valence-corrected chi connectivity index (χ4v) is 2.63. The maximum Gasteiger partial charge on any atom is 0.272 e. The Balaban J connectivity index is 2.21. The highest BCUT2D eigenvalue weighted by Crippen LogP contribution is 2.25. The van der Waals surface area contributed by atoms with Gasteiger partial charge in [-0.1, -0.05) is 34.8 Å². The van der Waals surface area contributed by atoms with Crippen LogP contribution in [0.15, 0.2) is 24.3 Å². The normalized spacial score (nSPS) is 10.4. The van der Waals surface area contributed by atoms with Crippen LogP contribution in [0.4, 0.5) is 5.69 Å². The molecule has 0 atom stereocenters. The molecule has 0 saturated carbocycles. The molecule has 0 fully saturated rings. The molecular weight excluding hydrogens is 409 g/mol. The van der Waals surface area contributed by atoms with Gasteiger partial charge in [0.1, 0.15) is 10.8 Å². The number of carbonyl (C=O) groups excluding carboxylic acids is 1. The van der Waals surface area contributed by atoms with Crippen molar-refractivity contribution in [1.82, 2.24) is 4.98 Å². The van der Waals surface area contributed by atoms with Gasteiger partial charge in [-0.2, -0.15) is 0 Å². The van der Waals surface area contributed by atoms with E-state index in [0.717, 1.165) is 3.57 Å². The summed E-state index contributed by atoms with van der Waals surface area (Å²) in [5.74, 6) is -0.316. The lowest BCUT2D eigenvalue weighted by molar-refractivity contribution is 0.102. The third-order valence-electron chi connectivity index (χ3n) is 2.15. The van der Waals surface area contributed by atoms with E-state index in [4.69, 9.17) is 34.8 Å². The fraction of sp³-hybridized carbons (Fsp3) is 0. The summed E-state index contributed by atoms with van der Waals surface area (Å²) in [6.45, 7) is 0. The van der Waals surface area contributed by atoms with Gasteiger partial charge in [-0.15, -0.1) is 0 Å². The number of anilines is 1.